The van der Waals surface area contributed by atoms with Crippen LogP contribution in [0, 0.1) is 5.82 Å². The van der Waals surface area contributed by atoms with Crippen LogP contribution in [0.25, 0.3) is 0 Å². The van der Waals surface area contributed by atoms with Gasteiger partial charge in [-0.1, -0.05) is 28.1 Å². The van der Waals surface area contributed by atoms with Gasteiger partial charge in [-0.05, 0) is 45.8 Å². The van der Waals surface area contributed by atoms with Gasteiger partial charge in [0.15, 0.2) is 0 Å². The Hall–Kier alpha value is -0.910. The molecule has 5 heteroatoms. The average molecular weight is 389 g/mol. The molecule has 0 fully saturated rings. The number of halogens is 3. The molecule has 0 heterocycles. The van der Waals surface area contributed by atoms with Crippen LogP contribution in [0.5, 0.6) is 5.75 Å². The van der Waals surface area contributed by atoms with Crippen LogP contribution in [0.15, 0.2) is 45.3 Å². The molecule has 2 aromatic rings. The molecule has 0 saturated carbocycles. The molecule has 19 heavy (non-hydrogen) atoms. The number of benzene rings is 2. The Kier molecular flexibility index (Phi) is 4.60. The molecule has 0 aliphatic carbocycles. The first-order chi connectivity index (χ1) is 9.04. The van der Waals surface area contributed by atoms with E-state index >= 15 is 0 Å². The molecular weight excluding hydrogens is 377 g/mol. The lowest BCUT2D eigenvalue weighted by molar-refractivity contribution is 0.414. The molecule has 0 spiro atoms. The molecule has 1 atom stereocenters. The monoisotopic (exact) mass is 387 g/mol. The van der Waals surface area contributed by atoms with Crippen LogP contribution in [0.3, 0.4) is 0 Å². The van der Waals surface area contributed by atoms with Gasteiger partial charge in [0.05, 0.1) is 17.6 Å². The molecule has 2 nitrogen and oxygen atoms in total. The summed E-state index contributed by atoms with van der Waals surface area (Å²) in [5.74, 6) is 0.341. The van der Waals surface area contributed by atoms with Crippen molar-refractivity contribution in [3.63, 3.8) is 0 Å². The smallest absolute Gasteiger partial charge is 0.142 e. The number of nitrogens with two attached hydrogens (primary N) is 1. The van der Waals surface area contributed by atoms with Crippen LogP contribution >= 0.6 is 31.9 Å². The molecule has 0 amide bonds. The van der Waals surface area contributed by atoms with Gasteiger partial charge >= 0.3 is 0 Å². The number of hydrogen-bond donors (Lipinski definition) is 1. The van der Waals surface area contributed by atoms with Crippen molar-refractivity contribution in [2.45, 2.75) is 6.04 Å². The van der Waals surface area contributed by atoms with Crippen molar-refractivity contribution in [3.8, 4) is 5.75 Å². The van der Waals surface area contributed by atoms with E-state index in [4.69, 9.17) is 10.5 Å². The van der Waals surface area contributed by atoms with E-state index in [1.165, 1.54) is 0 Å². The SMILES string of the molecule is COc1ccc(Br)c(C(N)c2cccc(Br)c2F)c1. The molecule has 1 unspecified atom stereocenters. The zero-order valence-corrected chi connectivity index (χ0v) is 13.3. The lowest BCUT2D eigenvalue weighted by Crippen LogP contribution is -2.14. The number of ether oxygens (including phenoxy) is 1. The van der Waals surface area contributed by atoms with Gasteiger partial charge < -0.3 is 10.5 Å². The van der Waals surface area contributed by atoms with E-state index in [0.29, 0.717) is 15.8 Å². The topological polar surface area (TPSA) is 35.2 Å². The van der Waals surface area contributed by atoms with Gasteiger partial charge in [-0.2, -0.15) is 0 Å². The molecule has 0 aliphatic rings. The summed E-state index contributed by atoms with van der Waals surface area (Å²) in [6.07, 6.45) is 0. The Morgan fingerprint density at radius 1 is 1.11 bits per heavy atom. The van der Waals surface area contributed by atoms with E-state index in [9.17, 15) is 4.39 Å². The van der Waals surface area contributed by atoms with Crippen molar-refractivity contribution in [2.75, 3.05) is 7.11 Å². The fourth-order valence-electron chi connectivity index (χ4n) is 1.82. The van der Waals surface area contributed by atoms with Crippen molar-refractivity contribution in [1.29, 1.82) is 0 Å². The highest BCUT2D eigenvalue weighted by Gasteiger charge is 2.18. The minimum atomic E-state index is -0.568. The minimum absolute atomic E-state index is 0.343. The van der Waals surface area contributed by atoms with Gasteiger partial charge in [0, 0.05) is 10.0 Å². The normalized spacial score (nSPS) is 12.3. The molecule has 0 aliphatic heterocycles. The van der Waals surface area contributed by atoms with E-state index in [1.54, 1.807) is 31.4 Å². The number of methoxy groups -OCH3 is 1. The van der Waals surface area contributed by atoms with Gasteiger partial charge in [0.25, 0.3) is 0 Å². The molecule has 2 aromatic carbocycles. The Morgan fingerprint density at radius 2 is 1.84 bits per heavy atom. The standard InChI is InChI=1S/C14H12Br2FNO/c1-19-8-5-6-11(15)10(7-8)14(18)9-3-2-4-12(16)13(9)17/h2-7,14H,18H2,1H3. The highest BCUT2D eigenvalue weighted by molar-refractivity contribution is 9.10. The van der Waals surface area contributed by atoms with Crippen LogP contribution < -0.4 is 10.5 Å². The highest BCUT2D eigenvalue weighted by Crippen LogP contribution is 2.32. The van der Waals surface area contributed by atoms with E-state index in [1.807, 2.05) is 12.1 Å². The van der Waals surface area contributed by atoms with Crippen LogP contribution in [0.1, 0.15) is 17.2 Å². The summed E-state index contributed by atoms with van der Waals surface area (Å²) >= 11 is 6.60. The third kappa shape index (κ3) is 2.99. The van der Waals surface area contributed by atoms with Gasteiger partial charge in [0.2, 0.25) is 0 Å². The number of hydrogen-bond acceptors (Lipinski definition) is 2. The van der Waals surface area contributed by atoms with E-state index in [-0.39, 0.29) is 5.82 Å². The van der Waals surface area contributed by atoms with E-state index in [0.717, 1.165) is 10.0 Å². The summed E-state index contributed by atoms with van der Waals surface area (Å²) in [5, 5.41) is 0. The zero-order chi connectivity index (χ0) is 14.0. The first kappa shape index (κ1) is 14.5. The van der Waals surface area contributed by atoms with E-state index < -0.39 is 6.04 Å². The second-order valence-corrected chi connectivity index (χ2v) is 5.72. The lowest BCUT2D eigenvalue weighted by Gasteiger charge is -2.16. The summed E-state index contributed by atoms with van der Waals surface area (Å²) in [6.45, 7) is 0. The van der Waals surface area contributed by atoms with Crippen molar-refractivity contribution in [2.24, 2.45) is 5.73 Å². The summed E-state index contributed by atoms with van der Waals surface area (Å²) in [7, 11) is 1.58. The first-order valence-corrected chi connectivity index (χ1v) is 7.16. The maximum atomic E-state index is 14.1. The predicted molar refractivity (Wildman–Crippen MR) is 80.8 cm³/mol. The lowest BCUT2D eigenvalue weighted by atomic mass is 9.99. The van der Waals surface area contributed by atoms with Crippen LogP contribution in [-0.4, -0.2) is 7.11 Å². The molecule has 100 valence electrons. The highest BCUT2D eigenvalue weighted by atomic mass is 79.9. The first-order valence-electron chi connectivity index (χ1n) is 5.57. The second-order valence-electron chi connectivity index (χ2n) is 4.01. The average Bonchev–Trinajstić information content (AvgIpc) is 2.42. The fourth-order valence-corrected chi connectivity index (χ4v) is 2.69. The molecular formula is C14H12Br2FNO. The van der Waals surface area contributed by atoms with E-state index in [2.05, 4.69) is 31.9 Å². The predicted octanol–water partition coefficient (Wildman–Crippen LogP) is 4.41. The summed E-state index contributed by atoms with van der Waals surface area (Å²) < 4.78 is 20.5. The third-order valence-corrected chi connectivity index (χ3v) is 4.19. The molecule has 0 saturated heterocycles. The fraction of sp³-hybridized carbons (Fsp3) is 0.143. The minimum Gasteiger partial charge on any atom is -0.497 e. The molecule has 0 bridgehead atoms. The van der Waals surface area contributed by atoms with Gasteiger partial charge in [0.1, 0.15) is 11.6 Å². The van der Waals surface area contributed by atoms with Crippen molar-refractivity contribution < 1.29 is 9.13 Å². The largest absolute Gasteiger partial charge is 0.497 e. The van der Waals surface area contributed by atoms with Gasteiger partial charge in [-0.3, -0.25) is 0 Å². The molecule has 0 aromatic heterocycles. The molecule has 2 N–H and O–H groups in total. The summed E-state index contributed by atoms with van der Waals surface area (Å²) in [5.41, 5.74) is 7.37. The Labute approximate surface area is 128 Å². The Balaban J connectivity index is 2.49. The third-order valence-electron chi connectivity index (χ3n) is 2.85. The maximum absolute atomic E-state index is 14.1. The van der Waals surface area contributed by atoms with Crippen LogP contribution in [0.2, 0.25) is 0 Å². The van der Waals surface area contributed by atoms with Crippen molar-refractivity contribution in [1.82, 2.24) is 0 Å². The van der Waals surface area contributed by atoms with Crippen LogP contribution in [-0.2, 0) is 0 Å². The van der Waals surface area contributed by atoms with Gasteiger partial charge in [-0.25, -0.2) is 4.39 Å². The number of rotatable bonds is 3. The van der Waals surface area contributed by atoms with Crippen molar-refractivity contribution in [3.05, 3.63) is 62.3 Å². The second kappa shape index (κ2) is 6.03. The quantitative estimate of drug-likeness (QED) is 0.845. The Bertz CT molecular complexity index is 604. The van der Waals surface area contributed by atoms with Crippen molar-refractivity contribution >= 4 is 31.9 Å². The maximum Gasteiger partial charge on any atom is 0.142 e. The van der Waals surface area contributed by atoms with Crippen LogP contribution in [0.4, 0.5) is 4.39 Å². The summed E-state index contributed by atoms with van der Waals surface area (Å²) in [6, 6.07) is 9.97. The van der Waals surface area contributed by atoms with Gasteiger partial charge in [-0.15, -0.1) is 0 Å². The zero-order valence-electron chi connectivity index (χ0n) is 10.2. The molecule has 0 radical (unpaired) electrons. The summed E-state index contributed by atoms with van der Waals surface area (Å²) in [4.78, 5) is 0. The molecule has 2 rings (SSSR count). The Morgan fingerprint density at radius 3 is 2.53 bits per heavy atom.